The number of carbonyl (C=O) groups excluding carboxylic acids is 1. The van der Waals surface area contributed by atoms with E-state index in [4.69, 9.17) is 0 Å². The van der Waals surface area contributed by atoms with E-state index in [0.29, 0.717) is 0 Å². The van der Waals surface area contributed by atoms with Crippen molar-refractivity contribution in [2.24, 2.45) is 14.1 Å². The van der Waals surface area contributed by atoms with Gasteiger partial charge in [0.25, 0.3) is 5.56 Å². The highest BCUT2D eigenvalue weighted by Gasteiger charge is 2.16. The van der Waals surface area contributed by atoms with E-state index in [1.54, 1.807) is 12.1 Å². The Morgan fingerprint density at radius 2 is 1.96 bits per heavy atom. The minimum Gasteiger partial charge on any atom is -0.506 e. The predicted molar refractivity (Wildman–Crippen MR) is 91.7 cm³/mol. The summed E-state index contributed by atoms with van der Waals surface area (Å²) >= 11 is 0. The van der Waals surface area contributed by atoms with E-state index < -0.39 is 17.2 Å². The molecule has 2 N–H and O–H groups in total. The third-order valence-corrected chi connectivity index (χ3v) is 3.95. The number of carbonyl (C=O) groups is 1. The number of hydrogen-bond acceptors (Lipinski definition) is 5. The highest BCUT2D eigenvalue weighted by atomic mass is 16.3. The maximum Gasteiger partial charge on any atom is 0.332 e. The van der Waals surface area contributed by atoms with Crippen molar-refractivity contribution in [3.05, 3.63) is 50.9 Å². The molecule has 2 heterocycles. The SMILES string of the molecule is Cc1ccc(NC(=O)Cn2cnc3c(=O)n(C)c(=O)n(C)c32)c(O)c1. The molecule has 25 heavy (non-hydrogen) atoms. The number of nitrogens with zero attached hydrogens (tertiary/aromatic N) is 4. The second-order valence-electron chi connectivity index (χ2n) is 5.82. The number of phenolic OH excluding ortho intramolecular Hbond substituents is 1. The summed E-state index contributed by atoms with van der Waals surface area (Å²) in [7, 11) is 2.88. The lowest BCUT2D eigenvalue weighted by atomic mass is 10.2. The fourth-order valence-electron chi connectivity index (χ4n) is 2.65. The van der Waals surface area contributed by atoms with Gasteiger partial charge in [-0.2, -0.15) is 0 Å². The minimum absolute atomic E-state index is 0.0369. The van der Waals surface area contributed by atoms with Crippen LogP contribution in [0.2, 0.25) is 0 Å². The third kappa shape index (κ3) is 2.80. The van der Waals surface area contributed by atoms with Crippen LogP contribution in [0.15, 0.2) is 34.1 Å². The molecule has 0 atom stereocenters. The number of aryl methyl sites for hydroxylation is 2. The molecule has 0 radical (unpaired) electrons. The average Bonchev–Trinajstić information content (AvgIpc) is 2.97. The molecule has 0 aliphatic heterocycles. The molecule has 9 heteroatoms. The van der Waals surface area contributed by atoms with E-state index >= 15 is 0 Å². The van der Waals surface area contributed by atoms with Crippen LogP contribution in [0, 0.1) is 6.92 Å². The monoisotopic (exact) mass is 343 g/mol. The number of aromatic hydroxyl groups is 1. The van der Waals surface area contributed by atoms with Crippen LogP contribution < -0.4 is 16.6 Å². The van der Waals surface area contributed by atoms with Crippen LogP contribution in [0.5, 0.6) is 5.75 Å². The van der Waals surface area contributed by atoms with E-state index in [0.717, 1.165) is 10.1 Å². The Morgan fingerprint density at radius 3 is 2.64 bits per heavy atom. The summed E-state index contributed by atoms with van der Waals surface area (Å²) < 4.78 is 3.64. The average molecular weight is 343 g/mol. The molecule has 0 aliphatic rings. The normalized spacial score (nSPS) is 11.0. The Kier molecular flexibility index (Phi) is 3.91. The Labute approximate surface area is 141 Å². The van der Waals surface area contributed by atoms with Crippen molar-refractivity contribution in [1.82, 2.24) is 18.7 Å². The lowest BCUT2D eigenvalue weighted by molar-refractivity contribution is -0.116. The molecule has 0 aliphatic carbocycles. The maximum absolute atomic E-state index is 12.3. The van der Waals surface area contributed by atoms with Crippen LogP contribution in [-0.2, 0) is 25.4 Å². The van der Waals surface area contributed by atoms with Crippen molar-refractivity contribution in [1.29, 1.82) is 0 Å². The van der Waals surface area contributed by atoms with Crippen LogP contribution >= 0.6 is 0 Å². The van der Waals surface area contributed by atoms with Gasteiger partial charge in [0.05, 0.1) is 12.0 Å². The quantitative estimate of drug-likeness (QED) is 0.655. The largest absolute Gasteiger partial charge is 0.506 e. The molecule has 3 rings (SSSR count). The van der Waals surface area contributed by atoms with Gasteiger partial charge in [-0.1, -0.05) is 6.07 Å². The second-order valence-corrected chi connectivity index (χ2v) is 5.82. The summed E-state index contributed by atoms with van der Waals surface area (Å²) in [4.78, 5) is 40.4. The van der Waals surface area contributed by atoms with Gasteiger partial charge < -0.3 is 15.0 Å². The van der Waals surface area contributed by atoms with Crippen LogP contribution in [0.25, 0.3) is 11.2 Å². The van der Waals surface area contributed by atoms with Gasteiger partial charge in [-0.05, 0) is 24.6 Å². The Morgan fingerprint density at radius 1 is 1.24 bits per heavy atom. The van der Waals surface area contributed by atoms with Crippen molar-refractivity contribution < 1.29 is 9.90 Å². The van der Waals surface area contributed by atoms with Crippen LogP contribution in [0.1, 0.15) is 5.56 Å². The van der Waals surface area contributed by atoms with Gasteiger partial charge in [0.1, 0.15) is 17.9 Å². The number of fused-ring (bicyclic) bond motifs is 1. The van der Waals surface area contributed by atoms with E-state index in [1.807, 2.05) is 6.92 Å². The Hall–Kier alpha value is -3.36. The summed E-state index contributed by atoms with van der Waals surface area (Å²) in [6.45, 7) is 1.66. The number of phenols is 1. The van der Waals surface area contributed by atoms with Crippen LogP contribution in [0.3, 0.4) is 0 Å². The number of imidazole rings is 1. The zero-order valence-electron chi connectivity index (χ0n) is 14.0. The topological polar surface area (TPSA) is 111 Å². The van der Waals surface area contributed by atoms with Gasteiger partial charge >= 0.3 is 5.69 Å². The molecule has 0 spiro atoms. The molecule has 1 aromatic carbocycles. The van der Waals surface area contributed by atoms with Gasteiger partial charge in [-0.15, -0.1) is 0 Å². The number of anilines is 1. The van der Waals surface area contributed by atoms with E-state index in [-0.39, 0.29) is 29.1 Å². The zero-order chi connectivity index (χ0) is 18.3. The second kappa shape index (κ2) is 5.93. The lowest BCUT2D eigenvalue weighted by Gasteiger charge is -2.10. The van der Waals surface area contributed by atoms with Crippen molar-refractivity contribution in [3.63, 3.8) is 0 Å². The molecule has 130 valence electrons. The molecule has 1 amide bonds. The van der Waals surface area contributed by atoms with Gasteiger partial charge in [0, 0.05) is 14.1 Å². The first-order chi connectivity index (χ1) is 11.8. The highest BCUT2D eigenvalue weighted by molar-refractivity contribution is 5.92. The summed E-state index contributed by atoms with van der Waals surface area (Å²) in [5.41, 5.74) is 0.489. The van der Waals surface area contributed by atoms with Gasteiger partial charge in [-0.25, -0.2) is 9.78 Å². The fraction of sp³-hybridized carbons (Fsp3) is 0.250. The standard InChI is InChI=1S/C16H17N5O4/c1-9-4-5-10(11(22)6-9)18-12(23)7-21-8-17-13-14(21)19(2)16(25)20(3)15(13)24/h4-6,8,22H,7H2,1-3H3,(H,18,23). The summed E-state index contributed by atoms with van der Waals surface area (Å²) in [5.74, 6) is -0.461. The molecular weight excluding hydrogens is 326 g/mol. The number of hydrogen-bond donors (Lipinski definition) is 2. The number of aromatic nitrogens is 4. The number of benzene rings is 1. The van der Waals surface area contributed by atoms with E-state index in [1.165, 1.54) is 35.6 Å². The third-order valence-electron chi connectivity index (χ3n) is 3.95. The fourth-order valence-corrected chi connectivity index (χ4v) is 2.65. The zero-order valence-corrected chi connectivity index (χ0v) is 14.0. The van der Waals surface area contributed by atoms with Crippen molar-refractivity contribution in [2.45, 2.75) is 13.5 Å². The number of amides is 1. The van der Waals surface area contributed by atoms with Crippen molar-refractivity contribution >= 4 is 22.8 Å². The molecule has 0 unspecified atom stereocenters. The van der Waals surface area contributed by atoms with E-state index in [9.17, 15) is 19.5 Å². The molecule has 0 saturated heterocycles. The van der Waals surface area contributed by atoms with Gasteiger partial charge in [0.2, 0.25) is 5.91 Å². The predicted octanol–water partition coefficient (Wildman–Crippen LogP) is 0.0864. The first-order valence-corrected chi connectivity index (χ1v) is 7.50. The molecule has 9 nitrogen and oxygen atoms in total. The number of rotatable bonds is 3. The minimum atomic E-state index is -0.520. The van der Waals surface area contributed by atoms with Crippen molar-refractivity contribution in [2.75, 3.05) is 5.32 Å². The summed E-state index contributed by atoms with van der Waals surface area (Å²) in [6.07, 6.45) is 1.33. The van der Waals surface area contributed by atoms with Gasteiger partial charge in [0.15, 0.2) is 5.52 Å². The first-order valence-electron chi connectivity index (χ1n) is 7.50. The molecule has 3 aromatic rings. The lowest BCUT2D eigenvalue weighted by Crippen LogP contribution is -2.37. The summed E-state index contributed by atoms with van der Waals surface area (Å²) in [5, 5.41) is 12.5. The van der Waals surface area contributed by atoms with Crippen LogP contribution in [-0.4, -0.2) is 29.7 Å². The van der Waals surface area contributed by atoms with Crippen LogP contribution in [0.4, 0.5) is 5.69 Å². The Bertz CT molecular complexity index is 1110. The summed E-state index contributed by atoms with van der Waals surface area (Å²) in [6, 6.07) is 4.89. The van der Waals surface area contributed by atoms with Gasteiger partial charge in [-0.3, -0.25) is 18.7 Å². The Balaban J connectivity index is 1.94. The van der Waals surface area contributed by atoms with E-state index in [2.05, 4.69) is 10.3 Å². The highest BCUT2D eigenvalue weighted by Crippen LogP contribution is 2.23. The first kappa shape index (κ1) is 16.5. The van der Waals surface area contributed by atoms with Crippen molar-refractivity contribution in [3.8, 4) is 5.75 Å². The number of nitrogens with one attached hydrogen (secondary N) is 1. The molecule has 0 fully saturated rings. The maximum atomic E-state index is 12.3. The molecule has 0 bridgehead atoms. The molecule has 2 aromatic heterocycles. The molecule has 0 saturated carbocycles. The smallest absolute Gasteiger partial charge is 0.332 e. The molecular formula is C16H17N5O4.